The molecule has 2 aromatic rings. The van der Waals surface area contributed by atoms with Gasteiger partial charge in [0.25, 0.3) is 11.8 Å². The van der Waals surface area contributed by atoms with Gasteiger partial charge in [0, 0.05) is 27.3 Å². The second-order valence-electron chi connectivity index (χ2n) is 6.70. The normalized spacial score (nSPS) is 10.8. The predicted octanol–water partition coefficient (Wildman–Crippen LogP) is 3.40. The summed E-state index contributed by atoms with van der Waals surface area (Å²) in [6.07, 6.45) is 0. The molecule has 6 nitrogen and oxygen atoms in total. The van der Waals surface area contributed by atoms with Crippen molar-refractivity contribution in [2.24, 2.45) is 5.41 Å². The Kier molecular flexibility index (Phi) is 6.00. The smallest absolute Gasteiger partial charge is 0.269 e. The number of benzene rings is 2. The SMILES string of the molecule is CC(C)(C)C(=O)Nc1ccc(C(=O)NNC(=O)c2ccc(Cl)cc2)cc1. The molecular weight excluding hydrogens is 354 g/mol. The van der Waals surface area contributed by atoms with Crippen molar-refractivity contribution in [2.45, 2.75) is 20.8 Å². The monoisotopic (exact) mass is 373 g/mol. The van der Waals surface area contributed by atoms with E-state index in [4.69, 9.17) is 11.6 Å². The van der Waals surface area contributed by atoms with Crippen molar-refractivity contribution >= 4 is 35.0 Å². The molecule has 2 aromatic carbocycles. The van der Waals surface area contributed by atoms with E-state index in [1.807, 2.05) is 20.8 Å². The van der Waals surface area contributed by atoms with Crippen LogP contribution in [0.5, 0.6) is 0 Å². The average molecular weight is 374 g/mol. The van der Waals surface area contributed by atoms with Crippen LogP contribution in [0.25, 0.3) is 0 Å². The lowest BCUT2D eigenvalue weighted by atomic mass is 9.95. The molecule has 0 aliphatic heterocycles. The minimum absolute atomic E-state index is 0.120. The van der Waals surface area contributed by atoms with Gasteiger partial charge in [-0.05, 0) is 48.5 Å². The van der Waals surface area contributed by atoms with E-state index >= 15 is 0 Å². The molecule has 0 aliphatic rings. The molecule has 0 saturated carbocycles. The van der Waals surface area contributed by atoms with Gasteiger partial charge < -0.3 is 5.32 Å². The summed E-state index contributed by atoms with van der Waals surface area (Å²) in [7, 11) is 0. The Balaban J connectivity index is 1.92. The van der Waals surface area contributed by atoms with Crippen LogP contribution >= 0.6 is 11.6 Å². The Bertz CT molecular complexity index is 809. The number of rotatable bonds is 3. The maximum absolute atomic E-state index is 12.1. The number of amides is 3. The number of hydrogen-bond acceptors (Lipinski definition) is 3. The molecule has 0 unspecified atom stereocenters. The lowest BCUT2D eigenvalue weighted by Crippen LogP contribution is -2.41. The predicted molar refractivity (Wildman–Crippen MR) is 101 cm³/mol. The minimum Gasteiger partial charge on any atom is -0.326 e. The largest absolute Gasteiger partial charge is 0.326 e. The van der Waals surface area contributed by atoms with Gasteiger partial charge in [-0.1, -0.05) is 32.4 Å². The Morgan fingerprint density at radius 3 is 1.62 bits per heavy atom. The van der Waals surface area contributed by atoms with Crippen molar-refractivity contribution in [3.63, 3.8) is 0 Å². The first kappa shape index (κ1) is 19.5. The topological polar surface area (TPSA) is 87.3 Å². The van der Waals surface area contributed by atoms with Crippen LogP contribution < -0.4 is 16.2 Å². The number of hydrazine groups is 1. The third kappa shape index (κ3) is 5.32. The van der Waals surface area contributed by atoms with E-state index in [2.05, 4.69) is 16.2 Å². The number of carbonyl (C=O) groups excluding carboxylic acids is 3. The van der Waals surface area contributed by atoms with Gasteiger partial charge in [-0.15, -0.1) is 0 Å². The van der Waals surface area contributed by atoms with Gasteiger partial charge in [0.1, 0.15) is 0 Å². The summed E-state index contributed by atoms with van der Waals surface area (Å²) in [4.78, 5) is 36.0. The highest BCUT2D eigenvalue weighted by molar-refractivity contribution is 6.30. The molecule has 0 aliphatic carbocycles. The third-order valence-corrected chi connectivity index (χ3v) is 3.73. The zero-order valence-corrected chi connectivity index (χ0v) is 15.5. The van der Waals surface area contributed by atoms with Crippen LogP contribution in [-0.4, -0.2) is 17.7 Å². The summed E-state index contributed by atoms with van der Waals surface area (Å²) in [6.45, 7) is 5.44. The molecule has 3 N–H and O–H groups in total. The van der Waals surface area contributed by atoms with Crippen LogP contribution in [0.1, 0.15) is 41.5 Å². The van der Waals surface area contributed by atoms with Crippen molar-refractivity contribution in [2.75, 3.05) is 5.32 Å². The first-order valence-electron chi connectivity index (χ1n) is 7.94. The highest BCUT2D eigenvalue weighted by Crippen LogP contribution is 2.17. The van der Waals surface area contributed by atoms with Crippen molar-refractivity contribution in [3.8, 4) is 0 Å². The summed E-state index contributed by atoms with van der Waals surface area (Å²) >= 11 is 5.77. The summed E-state index contributed by atoms with van der Waals surface area (Å²) in [5.41, 5.74) is 5.46. The molecular formula is C19H20ClN3O3. The molecule has 0 radical (unpaired) electrons. The Labute approximate surface area is 156 Å². The van der Waals surface area contributed by atoms with Gasteiger partial charge in [-0.2, -0.15) is 0 Å². The Hall–Kier alpha value is -2.86. The minimum atomic E-state index is -0.512. The van der Waals surface area contributed by atoms with Crippen LogP contribution in [0.15, 0.2) is 48.5 Å². The van der Waals surface area contributed by atoms with Crippen molar-refractivity contribution in [1.82, 2.24) is 10.9 Å². The fourth-order valence-electron chi connectivity index (χ4n) is 1.88. The molecule has 7 heteroatoms. The lowest BCUT2D eigenvalue weighted by molar-refractivity contribution is -0.123. The first-order chi connectivity index (χ1) is 12.2. The molecule has 26 heavy (non-hydrogen) atoms. The molecule has 0 spiro atoms. The number of anilines is 1. The Morgan fingerprint density at radius 1 is 0.769 bits per heavy atom. The second-order valence-corrected chi connectivity index (χ2v) is 7.13. The van der Waals surface area contributed by atoms with E-state index in [0.29, 0.717) is 21.8 Å². The highest BCUT2D eigenvalue weighted by Gasteiger charge is 2.21. The maximum atomic E-state index is 12.1. The number of carbonyl (C=O) groups is 3. The maximum Gasteiger partial charge on any atom is 0.269 e. The van der Waals surface area contributed by atoms with Crippen LogP contribution in [0, 0.1) is 5.41 Å². The van der Waals surface area contributed by atoms with Gasteiger partial charge >= 0.3 is 0 Å². The van der Waals surface area contributed by atoms with Crippen LogP contribution in [-0.2, 0) is 4.79 Å². The molecule has 2 rings (SSSR count). The van der Waals surface area contributed by atoms with E-state index in [1.54, 1.807) is 48.5 Å². The number of nitrogens with one attached hydrogen (secondary N) is 3. The lowest BCUT2D eigenvalue weighted by Gasteiger charge is -2.17. The fraction of sp³-hybridized carbons (Fsp3) is 0.211. The van der Waals surface area contributed by atoms with Crippen molar-refractivity contribution in [1.29, 1.82) is 0 Å². The highest BCUT2D eigenvalue weighted by atomic mass is 35.5. The molecule has 0 saturated heterocycles. The van der Waals surface area contributed by atoms with Gasteiger partial charge in [-0.3, -0.25) is 25.2 Å². The summed E-state index contributed by atoms with van der Waals surface area (Å²) in [5.74, 6) is -1.05. The molecule has 0 fully saturated rings. The molecule has 136 valence electrons. The second kappa shape index (κ2) is 8.01. The van der Waals surface area contributed by atoms with Crippen LogP contribution in [0.3, 0.4) is 0 Å². The van der Waals surface area contributed by atoms with E-state index < -0.39 is 17.2 Å². The first-order valence-corrected chi connectivity index (χ1v) is 8.32. The van der Waals surface area contributed by atoms with Crippen LogP contribution in [0.2, 0.25) is 5.02 Å². The summed E-state index contributed by atoms with van der Waals surface area (Å²) in [6, 6.07) is 12.6. The summed E-state index contributed by atoms with van der Waals surface area (Å²) < 4.78 is 0. The number of halogens is 1. The molecule has 0 heterocycles. The molecule has 3 amide bonds. The van der Waals surface area contributed by atoms with Gasteiger partial charge in [0.2, 0.25) is 5.91 Å². The van der Waals surface area contributed by atoms with Gasteiger partial charge in [0.05, 0.1) is 0 Å². The van der Waals surface area contributed by atoms with Crippen molar-refractivity contribution < 1.29 is 14.4 Å². The third-order valence-electron chi connectivity index (χ3n) is 3.48. The molecule has 0 aromatic heterocycles. The van der Waals surface area contributed by atoms with E-state index in [1.165, 1.54) is 0 Å². The Morgan fingerprint density at radius 2 is 1.19 bits per heavy atom. The zero-order chi connectivity index (χ0) is 19.3. The molecule has 0 bridgehead atoms. The van der Waals surface area contributed by atoms with Gasteiger partial charge in [-0.25, -0.2) is 0 Å². The fourth-order valence-corrected chi connectivity index (χ4v) is 2.01. The van der Waals surface area contributed by atoms with E-state index in [-0.39, 0.29) is 5.91 Å². The quantitative estimate of drug-likeness (QED) is 0.720. The van der Waals surface area contributed by atoms with Crippen LogP contribution in [0.4, 0.5) is 5.69 Å². The van der Waals surface area contributed by atoms with E-state index in [0.717, 1.165) is 0 Å². The standard InChI is InChI=1S/C19H20ClN3O3/c1-19(2,3)18(26)21-15-10-6-13(7-11-15)17(25)23-22-16(24)12-4-8-14(20)9-5-12/h4-11H,1-3H3,(H,21,26)(H,22,24)(H,23,25). The average Bonchev–Trinajstić information content (AvgIpc) is 2.59. The van der Waals surface area contributed by atoms with Crippen molar-refractivity contribution in [3.05, 3.63) is 64.7 Å². The van der Waals surface area contributed by atoms with Gasteiger partial charge in [0.15, 0.2) is 0 Å². The summed E-state index contributed by atoms with van der Waals surface area (Å²) in [5, 5.41) is 3.29. The zero-order valence-electron chi connectivity index (χ0n) is 14.7. The molecule has 0 atom stereocenters. The number of hydrogen-bond donors (Lipinski definition) is 3. The van der Waals surface area contributed by atoms with E-state index in [9.17, 15) is 14.4 Å².